The fourth-order valence-corrected chi connectivity index (χ4v) is 13.9. The number of aliphatic hydroxyl groups is 1. The highest BCUT2D eigenvalue weighted by Gasteiger charge is 2.50. The second-order valence-corrected chi connectivity index (χ2v) is 24.3. The summed E-state index contributed by atoms with van der Waals surface area (Å²) >= 11 is 7.89. The third kappa shape index (κ3) is 9.54. The molecule has 5 aliphatic heterocycles. The lowest BCUT2D eigenvalue weighted by atomic mass is 9.95. The van der Waals surface area contributed by atoms with Crippen LogP contribution in [0.1, 0.15) is 94.7 Å². The van der Waals surface area contributed by atoms with Crippen molar-refractivity contribution < 1.29 is 51.6 Å². The zero-order valence-corrected chi connectivity index (χ0v) is 47.8. The molecule has 0 saturated carbocycles. The molecule has 0 aliphatic carbocycles. The first-order chi connectivity index (χ1) is 39.6. The minimum absolute atomic E-state index is 0.00806. The summed E-state index contributed by atoms with van der Waals surface area (Å²) in [6.07, 6.45) is -1.88. The topological polar surface area (TPSA) is 215 Å². The summed E-state index contributed by atoms with van der Waals surface area (Å²) in [5.41, 5.74) is 1.85. The molecular formula is C60H57ClF3N9O9S. The van der Waals surface area contributed by atoms with Crippen molar-refractivity contribution in [1.82, 2.24) is 29.3 Å². The number of carbonyl (C=O) groups excluding carboxylic acids is 3. The number of halogens is 4. The Hall–Kier alpha value is -7.84. The number of cyclic esters (lactones) is 1. The number of hydrogen-bond acceptors (Lipinski definition) is 16. The molecule has 23 heteroatoms. The van der Waals surface area contributed by atoms with E-state index in [1.54, 1.807) is 55.4 Å². The monoisotopic (exact) mass is 1170 g/mol. The molecule has 2 amide bonds. The van der Waals surface area contributed by atoms with Crippen molar-refractivity contribution >= 4 is 83.6 Å². The molecule has 5 aliphatic rings. The molecule has 7 aromatic rings. The number of fused-ring (bicyclic) bond motifs is 8. The normalized spacial score (nSPS) is 20.7. The number of amides is 2. The van der Waals surface area contributed by atoms with Gasteiger partial charge >= 0.3 is 18.1 Å². The maximum atomic E-state index is 17.8. The van der Waals surface area contributed by atoms with Crippen LogP contribution in [-0.4, -0.2) is 121 Å². The zero-order valence-electron chi connectivity index (χ0n) is 46.3. The Labute approximate surface area is 483 Å². The number of piperazine rings is 1. The molecule has 3 aromatic carbocycles. The second kappa shape index (κ2) is 20.8. The van der Waals surface area contributed by atoms with E-state index in [1.807, 2.05) is 24.8 Å². The van der Waals surface area contributed by atoms with Crippen molar-refractivity contribution in [2.75, 3.05) is 49.5 Å². The Morgan fingerprint density at radius 1 is 1.07 bits per heavy atom. The number of aromatic nitrogens is 4. The highest BCUT2D eigenvalue weighted by Crippen LogP contribution is 2.48. The first-order valence-electron chi connectivity index (χ1n) is 27.4. The number of aliphatic hydroxyl groups excluding tert-OH is 1. The van der Waals surface area contributed by atoms with E-state index in [0.717, 1.165) is 40.3 Å². The molecule has 5 atom stereocenters. The van der Waals surface area contributed by atoms with Gasteiger partial charge in [0.15, 0.2) is 11.9 Å². The summed E-state index contributed by atoms with van der Waals surface area (Å²) in [5.74, 6) is -2.08. The van der Waals surface area contributed by atoms with Crippen LogP contribution in [0.3, 0.4) is 0 Å². The fourth-order valence-electron chi connectivity index (χ4n) is 12.6. The average molecular weight is 1170 g/mol. The predicted octanol–water partition coefficient (Wildman–Crippen LogP) is 10.1. The number of alkyl halides is 1. The molecule has 9 heterocycles. The first-order valence-corrected chi connectivity index (χ1v) is 28.6. The molecule has 0 spiro atoms. The van der Waals surface area contributed by atoms with E-state index < -0.39 is 59.3 Å². The minimum atomic E-state index is -1.57. The minimum Gasteiger partial charge on any atom is -0.486 e. The molecule has 18 nitrogen and oxygen atoms in total. The second-order valence-electron chi connectivity index (χ2n) is 22.9. The number of hydrogen-bond donors (Lipinski definition) is 2. The van der Waals surface area contributed by atoms with Crippen LogP contribution in [0.5, 0.6) is 11.8 Å². The number of aryl methyl sites for hydroxylation is 1. The molecule has 12 rings (SSSR count). The Morgan fingerprint density at radius 3 is 2.61 bits per heavy atom. The quantitative estimate of drug-likeness (QED) is 0.0910. The number of nitriles is 1. The number of nitrogens with one attached hydrogen (secondary N) is 1. The van der Waals surface area contributed by atoms with Crippen LogP contribution in [0.4, 0.5) is 28.8 Å². The zero-order chi connectivity index (χ0) is 58.7. The molecule has 430 valence electrons. The summed E-state index contributed by atoms with van der Waals surface area (Å²) in [6.45, 7) is 16.4. The van der Waals surface area contributed by atoms with Gasteiger partial charge in [0.05, 0.1) is 49.8 Å². The molecular weight excluding hydrogens is 1120 g/mol. The summed E-state index contributed by atoms with van der Waals surface area (Å²) in [7, 11) is 0. The van der Waals surface area contributed by atoms with E-state index in [-0.39, 0.29) is 140 Å². The molecule has 0 radical (unpaired) electrons. The van der Waals surface area contributed by atoms with Gasteiger partial charge in [-0.25, -0.2) is 27.7 Å². The van der Waals surface area contributed by atoms with E-state index in [2.05, 4.69) is 27.8 Å². The van der Waals surface area contributed by atoms with Crippen molar-refractivity contribution in [3.05, 3.63) is 109 Å². The maximum Gasteiger partial charge on any atom is 0.412 e. The lowest BCUT2D eigenvalue weighted by Gasteiger charge is -2.41. The van der Waals surface area contributed by atoms with Crippen LogP contribution in [0.15, 0.2) is 59.4 Å². The Morgan fingerprint density at radius 2 is 1.87 bits per heavy atom. The van der Waals surface area contributed by atoms with Crippen molar-refractivity contribution in [2.24, 2.45) is 0 Å². The smallest absolute Gasteiger partial charge is 0.412 e. The van der Waals surface area contributed by atoms with Crippen molar-refractivity contribution in [1.29, 1.82) is 5.26 Å². The van der Waals surface area contributed by atoms with Crippen LogP contribution in [0, 0.1) is 23.0 Å². The van der Waals surface area contributed by atoms with E-state index in [9.17, 15) is 33.9 Å². The standard InChI is InChI=1S/C60H57ClF3N9O9S/c1-8-33-35-18-32(10-13-43(35)66-48-39(33)25-73-44(48)20-36-40(55(73)76)26-79-56(77)50(36)74)81-30(4)29(3)54(75)70-16-17-72(28(2)23-70)52-37-19-41(61)46(47(64)49(37)67-57(68-52)80-27-60-14-9-15-71(60)24-31(62)21-60)34-11-12-42(63)51-45(34)38(22-65)53(83-51)69-58(78)82-59(5,6)7/h10-13,18-20,28,30-31,50,74H,3,8-9,14-17,21,23-27H2,1-2,4-7H3,(H,69,78)/t28-,30?,31+,50-,60-/m0/s1. The van der Waals surface area contributed by atoms with Gasteiger partial charge in [-0.3, -0.25) is 19.8 Å². The van der Waals surface area contributed by atoms with Gasteiger partial charge in [0.2, 0.25) is 0 Å². The fraction of sp³-hybridized carbons (Fsp3) is 0.400. The van der Waals surface area contributed by atoms with Crippen molar-refractivity contribution in [2.45, 2.75) is 116 Å². The SMILES string of the molecule is C=C(C(=O)N1CCN(c2nc(OC[C@@]34CCCN3C[C@H](F)C4)nc3c(F)c(-c4ccc(F)c5sc(NC(=O)OC(C)(C)C)c(C#N)c45)c(Cl)cc23)[C@@H](C)C1)C(C)Oc1ccc2nc3c(c(CC)c2c1)Cn1c-3cc2c(c1=O)COC(=O)[C@H]2O. The number of rotatable bonds is 11. The molecule has 3 fully saturated rings. The van der Waals surface area contributed by atoms with Crippen LogP contribution in [0.2, 0.25) is 5.02 Å². The number of anilines is 2. The van der Waals surface area contributed by atoms with Gasteiger partial charge in [0, 0.05) is 77.1 Å². The molecule has 1 unspecified atom stereocenters. The number of thiophene rings is 1. The molecule has 3 saturated heterocycles. The summed E-state index contributed by atoms with van der Waals surface area (Å²) in [5, 5.41) is 24.5. The van der Waals surface area contributed by atoms with Gasteiger partial charge in [-0.15, -0.1) is 11.3 Å². The maximum absolute atomic E-state index is 17.8. The van der Waals surface area contributed by atoms with E-state index in [1.165, 1.54) is 12.1 Å². The Bertz CT molecular complexity index is 4070. The lowest BCUT2D eigenvalue weighted by Crippen LogP contribution is -2.55. The van der Waals surface area contributed by atoms with Gasteiger partial charge in [0.25, 0.3) is 11.5 Å². The largest absolute Gasteiger partial charge is 0.486 e. The van der Waals surface area contributed by atoms with Crippen LogP contribution in [0.25, 0.3) is 54.4 Å². The lowest BCUT2D eigenvalue weighted by molar-refractivity contribution is -0.157. The number of nitrogens with zero attached hydrogens (tertiary/aromatic N) is 8. The highest BCUT2D eigenvalue weighted by molar-refractivity contribution is 7.23. The molecule has 0 bridgehead atoms. The van der Waals surface area contributed by atoms with Gasteiger partial charge < -0.3 is 38.4 Å². The summed E-state index contributed by atoms with van der Waals surface area (Å²) < 4.78 is 73.3. The van der Waals surface area contributed by atoms with Crippen molar-refractivity contribution in [3.8, 4) is 40.3 Å². The molecule has 83 heavy (non-hydrogen) atoms. The highest BCUT2D eigenvalue weighted by atomic mass is 35.5. The van der Waals surface area contributed by atoms with Crippen LogP contribution >= 0.6 is 22.9 Å². The third-order valence-corrected chi connectivity index (χ3v) is 17.9. The Kier molecular flexibility index (Phi) is 14.0. The first kappa shape index (κ1) is 55.7. The number of ether oxygens (including phenoxy) is 4. The van der Waals surface area contributed by atoms with Gasteiger partial charge in [-0.2, -0.15) is 15.2 Å². The van der Waals surface area contributed by atoms with Gasteiger partial charge in [-0.05, 0) is 108 Å². The van der Waals surface area contributed by atoms with Crippen molar-refractivity contribution in [3.63, 3.8) is 0 Å². The van der Waals surface area contributed by atoms with Crippen LogP contribution in [-0.2, 0) is 38.6 Å². The van der Waals surface area contributed by atoms with E-state index in [0.29, 0.717) is 42.0 Å². The average Bonchev–Trinajstić information content (AvgIpc) is 2.08. The number of esters is 1. The van der Waals surface area contributed by atoms with E-state index >= 15 is 8.78 Å². The summed E-state index contributed by atoms with van der Waals surface area (Å²) in [4.78, 5) is 73.3. The summed E-state index contributed by atoms with van der Waals surface area (Å²) in [6, 6.07) is 12.4. The third-order valence-electron chi connectivity index (χ3n) is 16.5. The van der Waals surface area contributed by atoms with E-state index in [4.69, 9.17) is 40.5 Å². The van der Waals surface area contributed by atoms with Gasteiger partial charge in [0.1, 0.15) is 65.1 Å². The molecule has 2 N–H and O–H groups in total. The Balaban J connectivity index is 0.821. The molecule has 4 aromatic heterocycles. The predicted molar refractivity (Wildman–Crippen MR) is 306 cm³/mol. The van der Waals surface area contributed by atoms with Crippen LogP contribution < -0.4 is 25.2 Å². The number of pyridine rings is 2. The number of carbonyl (C=O) groups is 3. The van der Waals surface area contributed by atoms with Gasteiger partial charge in [-0.1, -0.05) is 31.2 Å². The number of benzene rings is 3.